The third kappa shape index (κ3) is 10.6. The summed E-state index contributed by atoms with van der Waals surface area (Å²) in [6.45, 7) is 33.8. The van der Waals surface area contributed by atoms with Gasteiger partial charge in [0, 0.05) is 41.2 Å². The summed E-state index contributed by atoms with van der Waals surface area (Å²) in [7, 11) is 0. The number of imidazole rings is 1. The molecule has 6 aromatic carbocycles. The van der Waals surface area contributed by atoms with E-state index in [1.165, 1.54) is 0 Å². The second kappa shape index (κ2) is 19.2. The number of benzene rings is 6. The second-order valence-corrected chi connectivity index (χ2v) is 23.3. The van der Waals surface area contributed by atoms with Crippen LogP contribution < -0.4 is 0 Å². The Balaban J connectivity index is 0.00000903. The Kier molecular flexibility index (Phi) is 11.3. The van der Waals surface area contributed by atoms with Gasteiger partial charge >= 0.3 is 0 Å². The van der Waals surface area contributed by atoms with Crippen LogP contribution in [0.2, 0.25) is 0 Å². The summed E-state index contributed by atoms with van der Waals surface area (Å²) in [6, 6.07) is 27.7. The second-order valence-electron chi connectivity index (χ2n) is 23.3. The fraction of sp³-hybridized carbons (Fsp3) is 0.354. The molecule has 0 radical (unpaired) electrons. The molecule has 0 amide bonds. The Morgan fingerprint density at radius 1 is 0.600 bits per heavy atom. The van der Waals surface area contributed by atoms with Crippen molar-refractivity contribution in [3.05, 3.63) is 166 Å². The number of aromatic nitrogens is 3. The van der Waals surface area contributed by atoms with Crippen LogP contribution in [0.25, 0.3) is 72.7 Å². The number of para-hydroxylation sites is 1. The van der Waals surface area contributed by atoms with E-state index in [-0.39, 0.29) is 72.7 Å². The summed E-state index contributed by atoms with van der Waals surface area (Å²) < 4.78 is 84.0. The normalized spacial score (nSPS) is 14.7. The van der Waals surface area contributed by atoms with Gasteiger partial charge in [0.2, 0.25) is 0 Å². The Labute approximate surface area is 447 Å². The number of rotatable bonds is 8. The van der Waals surface area contributed by atoms with Crippen LogP contribution in [0, 0.1) is 13.0 Å². The van der Waals surface area contributed by atoms with Crippen molar-refractivity contribution in [1.29, 1.82) is 0 Å². The first-order valence-corrected chi connectivity index (χ1v) is 24.1. The number of fused-ring (bicyclic) bond motifs is 1. The zero-order valence-electron chi connectivity index (χ0n) is 53.1. The molecule has 0 saturated carbocycles. The smallest absolute Gasteiger partial charge is 0.148 e. The van der Waals surface area contributed by atoms with Crippen molar-refractivity contribution >= 4 is 11.0 Å². The van der Waals surface area contributed by atoms with Gasteiger partial charge in [0.05, 0.1) is 31.9 Å². The van der Waals surface area contributed by atoms with E-state index in [2.05, 4.69) is 109 Å². The summed E-state index contributed by atoms with van der Waals surface area (Å²) in [5.74, 6) is -1.17. The van der Waals surface area contributed by atoms with Crippen molar-refractivity contribution < 1.29 is 38.5 Å². The maximum atomic E-state index is 12.6. The van der Waals surface area contributed by atoms with Gasteiger partial charge in [-0.1, -0.05) is 195 Å². The fourth-order valence-corrected chi connectivity index (χ4v) is 8.67. The monoisotopic (exact) mass is 1120 g/mol. The van der Waals surface area contributed by atoms with E-state index in [9.17, 15) is 6.48 Å². The molecule has 0 aliphatic rings. The molecule has 0 aliphatic carbocycles. The van der Waals surface area contributed by atoms with Crippen LogP contribution in [0.3, 0.4) is 0 Å². The molecule has 70 heavy (non-hydrogen) atoms. The molecule has 0 aliphatic heterocycles. The summed E-state index contributed by atoms with van der Waals surface area (Å²) in [5, 5.41) is 12.6. The van der Waals surface area contributed by atoms with Gasteiger partial charge in [0.15, 0.2) is 0 Å². The van der Waals surface area contributed by atoms with Gasteiger partial charge in [-0.25, -0.2) is 4.98 Å². The molecule has 0 bridgehead atoms. The molecule has 0 unspecified atom stereocenters. The van der Waals surface area contributed by atoms with E-state index in [0.717, 1.165) is 55.7 Å². The number of hydrogen-bond donors (Lipinski definition) is 1. The van der Waals surface area contributed by atoms with E-state index in [0.29, 0.717) is 33.6 Å². The Morgan fingerprint density at radius 3 is 1.77 bits per heavy atom. The molecule has 8 aromatic rings. The molecule has 0 spiro atoms. The number of pyridine rings is 1. The molecule has 4 nitrogen and oxygen atoms in total. The molecule has 5 heteroatoms. The van der Waals surface area contributed by atoms with Crippen molar-refractivity contribution in [3.63, 3.8) is 0 Å². The molecule has 2 heterocycles. The van der Waals surface area contributed by atoms with Gasteiger partial charge < -0.3 is 5.11 Å². The average molecular weight is 1120 g/mol. The first-order chi connectivity index (χ1) is 35.7. The SMILES string of the molecule is [2H]c1nc(-c2[c-]c(-c3cccc4c3nc(-c3cc(C(C)(C)C)cc(C(C)(C)C)c3O)n4-c3ccc(-c4cc(C([2H])(C)C)cc(C([2H])(C)C)c4)cc3C)cc(C(C)(C)C)c2)c([2H])c(-c2c([2H])c([2H])c(C(C)(C)C)c([2H])c2[2H])c1[2H].[Pt]. The zero-order chi connectivity index (χ0) is 58.1. The molecule has 0 fully saturated rings. The minimum atomic E-state index is -0.898. The maximum absolute atomic E-state index is 12.6. The summed E-state index contributed by atoms with van der Waals surface area (Å²) in [5.41, 5.74) is 9.16. The van der Waals surface area contributed by atoms with Crippen molar-refractivity contribution in [1.82, 2.24) is 14.5 Å². The van der Waals surface area contributed by atoms with Crippen LogP contribution in [-0.2, 0) is 42.7 Å². The molecule has 0 atom stereocenters. The van der Waals surface area contributed by atoms with Gasteiger partial charge in [-0.15, -0.1) is 29.3 Å². The van der Waals surface area contributed by atoms with Gasteiger partial charge in [0.25, 0.3) is 0 Å². The number of phenolic OH excluding ortho intramolecular Hbond substituents is 1. The van der Waals surface area contributed by atoms with Gasteiger partial charge in [-0.2, -0.15) is 0 Å². The standard InChI is InChI=1S/C65H74N3O.Pt/c1-39(2)45-30-46(40(3)4)32-47(31-45)43-23-26-57(41(5)29-43)68-58-20-18-19-53(59(58)67-61(68)54-37-52(64(12,13)14)38-55(60(54)69)65(15,16)17)48-33-49(35-51(34-48)63(9,10)11)56-36-44(27-28-66-56)42-21-24-50(25-22-42)62(6,7)8;/h18-32,34-40,69H,1-17H3;/q-1;/i21D,22D,24D,25D,27D,28D,36D,39D,40D;. The predicted octanol–water partition coefficient (Wildman–Crippen LogP) is 18.0. The van der Waals surface area contributed by atoms with Crippen LogP contribution in [0.4, 0.5) is 0 Å². The summed E-state index contributed by atoms with van der Waals surface area (Å²) in [4.78, 5) is 10.1. The van der Waals surface area contributed by atoms with Crippen molar-refractivity contribution in [2.75, 3.05) is 0 Å². The van der Waals surface area contributed by atoms with Crippen molar-refractivity contribution in [2.45, 2.75) is 151 Å². The number of aromatic hydroxyl groups is 1. The number of nitrogens with zero attached hydrogens (tertiary/aromatic N) is 3. The average Bonchev–Trinajstić information content (AvgIpc) is 3.84. The molecule has 1 N–H and O–H groups in total. The molecule has 0 saturated heterocycles. The largest absolute Gasteiger partial charge is 0.507 e. The third-order valence-electron chi connectivity index (χ3n) is 13.1. The molecule has 2 aromatic heterocycles. The van der Waals surface area contributed by atoms with E-state index >= 15 is 0 Å². The Morgan fingerprint density at radius 2 is 1.20 bits per heavy atom. The number of phenols is 1. The first kappa shape index (κ1) is 41.1. The van der Waals surface area contributed by atoms with Crippen molar-refractivity contribution in [2.24, 2.45) is 0 Å². The minimum Gasteiger partial charge on any atom is -0.507 e. The molecular weight excluding hydrogens is 1030 g/mol. The van der Waals surface area contributed by atoms with Crippen molar-refractivity contribution in [3.8, 4) is 67.5 Å². The first-order valence-electron chi connectivity index (χ1n) is 28.6. The van der Waals surface area contributed by atoms with Crippen LogP contribution >= 0.6 is 0 Å². The van der Waals surface area contributed by atoms with E-state index in [1.807, 2.05) is 103 Å². The quantitative estimate of drug-likeness (QED) is 0.154. The number of aryl methyl sites for hydroxylation is 1. The van der Waals surface area contributed by atoms with Crippen LogP contribution in [0.15, 0.2) is 121 Å². The van der Waals surface area contributed by atoms with Crippen LogP contribution in [0.1, 0.15) is 174 Å². The summed E-state index contributed by atoms with van der Waals surface area (Å²) in [6.07, 6.45) is -0.490. The maximum Gasteiger partial charge on any atom is 0.148 e. The van der Waals surface area contributed by atoms with Crippen LogP contribution in [0.5, 0.6) is 5.75 Å². The molecule has 366 valence electrons. The Bertz CT molecular complexity index is 3680. The van der Waals surface area contributed by atoms with E-state index in [4.69, 9.17) is 16.0 Å². The topological polar surface area (TPSA) is 50.9 Å². The van der Waals surface area contributed by atoms with E-state index in [1.54, 1.807) is 0 Å². The molecule has 8 rings (SSSR count). The molecular formula is C65H74N3OPt-. The van der Waals surface area contributed by atoms with Gasteiger partial charge in [-0.05, 0) is 121 Å². The number of hydrogen-bond acceptors (Lipinski definition) is 3. The zero-order valence-corrected chi connectivity index (χ0v) is 46.4. The predicted molar refractivity (Wildman–Crippen MR) is 294 cm³/mol. The van der Waals surface area contributed by atoms with Gasteiger partial charge in [0.1, 0.15) is 11.6 Å². The third-order valence-corrected chi connectivity index (χ3v) is 13.1. The van der Waals surface area contributed by atoms with E-state index < -0.39 is 52.3 Å². The van der Waals surface area contributed by atoms with Gasteiger partial charge in [-0.3, -0.25) is 9.55 Å². The Hall–Kier alpha value is -5.57. The summed E-state index contributed by atoms with van der Waals surface area (Å²) >= 11 is 0. The minimum absolute atomic E-state index is 0. The fourth-order valence-electron chi connectivity index (χ4n) is 8.67. The van der Waals surface area contributed by atoms with Crippen LogP contribution in [-0.4, -0.2) is 19.6 Å².